The van der Waals surface area contributed by atoms with Gasteiger partial charge in [0, 0.05) is 36.4 Å². The zero-order chi connectivity index (χ0) is 32.1. The van der Waals surface area contributed by atoms with E-state index >= 15 is 0 Å². The van der Waals surface area contributed by atoms with Crippen LogP contribution in [0.15, 0.2) is 71.1 Å². The van der Waals surface area contributed by atoms with Gasteiger partial charge in [0.15, 0.2) is 0 Å². The van der Waals surface area contributed by atoms with Crippen molar-refractivity contribution in [2.24, 2.45) is 0 Å². The summed E-state index contributed by atoms with van der Waals surface area (Å²) in [5.41, 5.74) is 2.68. The minimum absolute atomic E-state index is 0.0591. The van der Waals surface area contributed by atoms with Crippen molar-refractivity contribution in [1.29, 1.82) is 0 Å². The average Bonchev–Trinajstić information content (AvgIpc) is 2.99. The molecule has 1 heterocycles. The highest BCUT2D eigenvalue weighted by atomic mass is 16.6. The molecule has 11 nitrogen and oxygen atoms in total. The minimum Gasteiger partial charge on any atom is -0.493 e. The van der Waals surface area contributed by atoms with Crippen LogP contribution in [0.5, 0.6) is 5.75 Å². The molecule has 1 aliphatic heterocycles. The number of carbonyl (C=O) groups is 3. The van der Waals surface area contributed by atoms with Crippen molar-refractivity contribution in [2.75, 3.05) is 26.4 Å². The molecule has 1 unspecified atom stereocenters. The third-order valence-electron chi connectivity index (χ3n) is 6.93. The van der Waals surface area contributed by atoms with Gasteiger partial charge in [0.05, 0.1) is 48.4 Å². The van der Waals surface area contributed by atoms with E-state index < -0.39 is 22.8 Å². The van der Waals surface area contributed by atoms with Gasteiger partial charge in [-0.3, -0.25) is 14.9 Å². The maximum Gasteiger partial charge on any atom is 0.336 e. The number of ether oxygens (including phenoxy) is 4. The summed E-state index contributed by atoms with van der Waals surface area (Å²) < 4.78 is 21.8. The molecular formula is C33H40N2O9. The topological polar surface area (TPSA) is 143 Å². The molecule has 0 saturated carbocycles. The number of esters is 3. The van der Waals surface area contributed by atoms with Gasteiger partial charge in [0.1, 0.15) is 5.75 Å². The average molecular weight is 609 g/mol. The lowest BCUT2D eigenvalue weighted by Gasteiger charge is -2.30. The third-order valence-corrected chi connectivity index (χ3v) is 6.93. The highest BCUT2D eigenvalue weighted by Gasteiger charge is 2.38. The Balaban J connectivity index is 1.58. The first-order valence-corrected chi connectivity index (χ1v) is 14.8. The lowest BCUT2D eigenvalue weighted by molar-refractivity contribution is -0.384. The van der Waals surface area contributed by atoms with Crippen LogP contribution in [-0.4, -0.2) is 49.3 Å². The van der Waals surface area contributed by atoms with Gasteiger partial charge >= 0.3 is 17.9 Å². The van der Waals surface area contributed by atoms with E-state index in [9.17, 15) is 24.5 Å². The molecule has 11 heteroatoms. The number of nitrogens with zero attached hydrogens (tertiary/aromatic N) is 1. The Labute approximate surface area is 257 Å². The number of aryl methyl sites for hydroxylation is 1. The first-order valence-electron chi connectivity index (χ1n) is 14.8. The zero-order valence-electron chi connectivity index (χ0n) is 25.7. The van der Waals surface area contributed by atoms with Crippen LogP contribution in [0.4, 0.5) is 5.69 Å². The number of nitro benzene ring substituents is 1. The monoisotopic (exact) mass is 608 g/mol. The van der Waals surface area contributed by atoms with E-state index in [1.807, 2.05) is 31.2 Å². The van der Waals surface area contributed by atoms with Gasteiger partial charge in [-0.05, 0) is 63.3 Å². The number of hydrogen-bond acceptors (Lipinski definition) is 10. The first-order chi connectivity index (χ1) is 21.2. The second-order valence-electron chi connectivity index (χ2n) is 10.3. The summed E-state index contributed by atoms with van der Waals surface area (Å²) in [7, 11) is 0. The van der Waals surface area contributed by atoms with Crippen molar-refractivity contribution in [3.8, 4) is 5.75 Å². The van der Waals surface area contributed by atoms with Crippen molar-refractivity contribution >= 4 is 23.6 Å². The Morgan fingerprint density at radius 2 is 1.52 bits per heavy atom. The van der Waals surface area contributed by atoms with E-state index in [4.69, 9.17) is 18.9 Å². The van der Waals surface area contributed by atoms with E-state index in [0.717, 1.165) is 24.8 Å². The van der Waals surface area contributed by atoms with Gasteiger partial charge in [0.2, 0.25) is 0 Å². The summed E-state index contributed by atoms with van der Waals surface area (Å²) in [6.45, 7) is 7.88. The number of non-ortho nitro benzene ring substituents is 1. The number of nitrogens with one attached hydrogen (secondary N) is 1. The molecule has 0 spiro atoms. The Kier molecular flexibility index (Phi) is 12.9. The summed E-state index contributed by atoms with van der Waals surface area (Å²) in [6, 6.07) is 13.5. The van der Waals surface area contributed by atoms with Gasteiger partial charge in [-0.15, -0.1) is 0 Å². The standard InChI is InChI=1S/C33H40N2O9/c1-5-10-28(36)43-18-8-11-24-14-16-27(17-15-24)42-19-9-20-44-33(38)30-23(4)34-22(3)29(32(37)41-6-2)31(30)25-12-7-13-26(21-25)35(39)40/h7,12-17,21,31,34H,5-6,8-11,18-20H2,1-4H3. The molecular weight excluding hydrogens is 568 g/mol. The number of rotatable bonds is 16. The van der Waals surface area contributed by atoms with Crippen molar-refractivity contribution in [3.05, 3.63) is 92.3 Å². The van der Waals surface area contributed by atoms with Crippen LogP contribution in [0, 0.1) is 10.1 Å². The fraction of sp³-hybridized carbons (Fsp3) is 0.424. The van der Waals surface area contributed by atoms with E-state index in [1.165, 1.54) is 18.2 Å². The third kappa shape index (κ3) is 9.42. The number of allylic oxidation sites excluding steroid dienone is 2. The van der Waals surface area contributed by atoms with Gasteiger partial charge in [-0.1, -0.05) is 31.2 Å². The van der Waals surface area contributed by atoms with Crippen LogP contribution in [0.2, 0.25) is 0 Å². The molecule has 2 aromatic rings. The summed E-state index contributed by atoms with van der Waals surface area (Å²) >= 11 is 0. The lowest BCUT2D eigenvalue weighted by Crippen LogP contribution is -2.32. The van der Waals surface area contributed by atoms with Gasteiger partial charge in [-0.25, -0.2) is 9.59 Å². The Morgan fingerprint density at radius 1 is 0.864 bits per heavy atom. The van der Waals surface area contributed by atoms with E-state index in [0.29, 0.717) is 48.8 Å². The van der Waals surface area contributed by atoms with E-state index in [1.54, 1.807) is 26.8 Å². The van der Waals surface area contributed by atoms with E-state index in [2.05, 4.69) is 5.32 Å². The maximum atomic E-state index is 13.4. The second kappa shape index (κ2) is 16.8. The summed E-state index contributed by atoms with van der Waals surface area (Å²) in [6.07, 6.45) is 3.15. The number of hydrogen-bond donors (Lipinski definition) is 1. The molecule has 0 fully saturated rings. The molecule has 1 atom stereocenters. The highest BCUT2D eigenvalue weighted by Crippen LogP contribution is 2.40. The highest BCUT2D eigenvalue weighted by molar-refractivity contribution is 6.00. The van der Waals surface area contributed by atoms with Crippen molar-refractivity contribution < 1.29 is 38.3 Å². The number of carbonyl (C=O) groups excluding carboxylic acids is 3. The number of dihydropyridines is 1. The second-order valence-corrected chi connectivity index (χ2v) is 10.3. The number of benzene rings is 2. The predicted octanol–water partition coefficient (Wildman–Crippen LogP) is 5.68. The molecule has 0 aromatic heterocycles. The zero-order valence-corrected chi connectivity index (χ0v) is 25.7. The van der Waals surface area contributed by atoms with Crippen LogP contribution in [0.1, 0.15) is 70.4 Å². The Hall–Kier alpha value is -4.67. The van der Waals surface area contributed by atoms with Gasteiger partial charge in [0.25, 0.3) is 5.69 Å². The molecule has 1 aliphatic rings. The summed E-state index contributed by atoms with van der Waals surface area (Å²) in [5, 5.41) is 14.5. The fourth-order valence-electron chi connectivity index (χ4n) is 4.88. The molecule has 44 heavy (non-hydrogen) atoms. The van der Waals surface area contributed by atoms with Crippen molar-refractivity contribution in [3.63, 3.8) is 0 Å². The Bertz CT molecular complexity index is 1400. The molecule has 236 valence electrons. The molecule has 0 radical (unpaired) electrons. The first kappa shape index (κ1) is 33.8. The smallest absolute Gasteiger partial charge is 0.336 e. The summed E-state index contributed by atoms with van der Waals surface area (Å²) in [4.78, 5) is 48.8. The van der Waals surface area contributed by atoms with Gasteiger partial charge in [-0.2, -0.15) is 0 Å². The van der Waals surface area contributed by atoms with E-state index in [-0.39, 0.29) is 36.0 Å². The molecule has 0 aliphatic carbocycles. The number of nitro groups is 1. The minimum atomic E-state index is -0.916. The molecule has 0 bridgehead atoms. The molecule has 3 rings (SSSR count). The molecule has 2 aromatic carbocycles. The van der Waals surface area contributed by atoms with Crippen molar-refractivity contribution in [1.82, 2.24) is 5.32 Å². The quantitative estimate of drug-likeness (QED) is 0.0831. The largest absolute Gasteiger partial charge is 0.493 e. The van der Waals surface area contributed by atoms with Crippen LogP contribution in [0.25, 0.3) is 0 Å². The summed E-state index contributed by atoms with van der Waals surface area (Å²) in [5.74, 6) is -1.68. The normalized spacial score (nSPS) is 14.5. The van der Waals surface area contributed by atoms with Crippen molar-refractivity contribution in [2.45, 2.75) is 65.7 Å². The predicted molar refractivity (Wildman–Crippen MR) is 163 cm³/mol. The van der Waals surface area contributed by atoms with Crippen LogP contribution in [-0.2, 0) is 35.0 Å². The SMILES string of the molecule is CCCC(=O)OCCCc1ccc(OCCCOC(=O)C2=C(C)NC(C)=C(C(=O)OCC)C2c2cccc([N+](=O)[O-])c2)cc1. The van der Waals surface area contributed by atoms with Crippen LogP contribution >= 0.6 is 0 Å². The Morgan fingerprint density at radius 3 is 2.16 bits per heavy atom. The van der Waals surface area contributed by atoms with Gasteiger partial charge < -0.3 is 24.3 Å². The fourth-order valence-corrected chi connectivity index (χ4v) is 4.88. The maximum absolute atomic E-state index is 13.4. The molecule has 1 N–H and O–H groups in total. The van der Waals surface area contributed by atoms with Crippen LogP contribution < -0.4 is 10.1 Å². The van der Waals surface area contributed by atoms with Crippen LogP contribution in [0.3, 0.4) is 0 Å². The molecule has 0 amide bonds. The molecule has 0 saturated heterocycles. The lowest BCUT2D eigenvalue weighted by atomic mass is 9.80.